The Balaban J connectivity index is 1.75. The zero-order chi connectivity index (χ0) is 22.0. The SMILES string of the molecule is CCOC(=O)OC1CC2CC(OC(=O)OCC)c3cccc(Br)c3C2c2ccccc21. The van der Waals surface area contributed by atoms with Crippen molar-refractivity contribution < 1.29 is 28.5 Å². The van der Waals surface area contributed by atoms with Gasteiger partial charge < -0.3 is 18.9 Å². The van der Waals surface area contributed by atoms with Crippen LogP contribution in [0.25, 0.3) is 0 Å². The minimum Gasteiger partial charge on any atom is -0.435 e. The summed E-state index contributed by atoms with van der Waals surface area (Å²) in [4.78, 5) is 24.2. The number of carbonyl (C=O) groups is 2. The van der Waals surface area contributed by atoms with E-state index in [1.807, 2.05) is 36.4 Å². The highest BCUT2D eigenvalue weighted by Crippen LogP contribution is 2.55. The van der Waals surface area contributed by atoms with E-state index < -0.39 is 24.5 Å². The third-order valence-electron chi connectivity index (χ3n) is 5.93. The van der Waals surface area contributed by atoms with Crippen LogP contribution in [-0.2, 0) is 18.9 Å². The van der Waals surface area contributed by atoms with E-state index in [1.165, 1.54) is 0 Å². The molecule has 0 amide bonds. The van der Waals surface area contributed by atoms with Gasteiger partial charge in [0.1, 0.15) is 12.2 Å². The van der Waals surface area contributed by atoms with Crippen LogP contribution < -0.4 is 0 Å². The van der Waals surface area contributed by atoms with Crippen molar-refractivity contribution in [3.05, 3.63) is 69.2 Å². The Morgan fingerprint density at radius 3 is 2.00 bits per heavy atom. The standard InChI is InChI=1S/C24H25BrO6/c1-3-28-23(26)30-19-12-14-13-20(31-24(27)29-4-2)17-10-7-11-18(25)22(17)21(14)16-9-6-5-8-15(16)19/h5-11,14,19-21H,3-4,12-13H2,1-2H3. The maximum absolute atomic E-state index is 12.1. The number of hydrogen-bond acceptors (Lipinski definition) is 6. The highest BCUT2D eigenvalue weighted by molar-refractivity contribution is 9.10. The number of fused-ring (bicyclic) bond motifs is 5. The lowest BCUT2D eigenvalue weighted by molar-refractivity contribution is -0.00771. The first kappa shape index (κ1) is 21.7. The second kappa shape index (κ2) is 9.30. The number of benzene rings is 2. The van der Waals surface area contributed by atoms with Crippen LogP contribution in [0.3, 0.4) is 0 Å². The molecule has 0 heterocycles. The fraction of sp³-hybridized carbons (Fsp3) is 0.417. The fourth-order valence-electron chi connectivity index (χ4n) is 4.83. The van der Waals surface area contributed by atoms with E-state index in [0.717, 1.165) is 26.7 Å². The molecule has 0 aliphatic heterocycles. The lowest BCUT2D eigenvalue weighted by atomic mass is 9.64. The van der Waals surface area contributed by atoms with Gasteiger partial charge in [0.25, 0.3) is 0 Å². The van der Waals surface area contributed by atoms with Crippen molar-refractivity contribution in [1.29, 1.82) is 0 Å². The summed E-state index contributed by atoms with van der Waals surface area (Å²) in [6, 6.07) is 14.0. The summed E-state index contributed by atoms with van der Waals surface area (Å²) in [5, 5.41) is 0. The molecule has 0 N–H and O–H groups in total. The Hall–Kier alpha value is -2.54. The summed E-state index contributed by atoms with van der Waals surface area (Å²) in [6.45, 7) is 4.01. The number of ether oxygens (including phenoxy) is 4. The molecule has 0 bridgehead atoms. The molecule has 31 heavy (non-hydrogen) atoms. The van der Waals surface area contributed by atoms with Crippen LogP contribution in [0.15, 0.2) is 46.9 Å². The average Bonchev–Trinajstić information content (AvgIpc) is 2.74. The minimum atomic E-state index is -0.674. The summed E-state index contributed by atoms with van der Waals surface area (Å²) in [5.74, 6) is 0.214. The van der Waals surface area contributed by atoms with E-state index in [0.29, 0.717) is 12.8 Å². The van der Waals surface area contributed by atoms with E-state index in [-0.39, 0.29) is 25.0 Å². The van der Waals surface area contributed by atoms with Crippen LogP contribution in [0, 0.1) is 5.92 Å². The normalized spacial score (nSPS) is 23.6. The van der Waals surface area contributed by atoms with Crippen LogP contribution in [0.2, 0.25) is 0 Å². The fourth-order valence-corrected chi connectivity index (χ4v) is 5.45. The largest absolute Gasteiger partial charge is 0.508 e. The summed E-state index contributed by atoms with van der Waals surface area (Å²) in [7, 11) is 0. The zero-order valence-corrected chi connectivity index (χ0v) is 19.1. The smallest absolute Gasteiger partial charge is 0.435 e. The lowest BCUT2D eigenvalue weighted by Gasteiger charge is -2.43. The molecule has 0 saturated carbocycles. The van der Waals surface area contributed by atoms with Crippen LogP contribution in [-0.4, -0.2) is 25.5 Å². The van der Waals surface area contributed by atoms with Gasteiger partial charge in [0, 0.05) is 10.4 Å². The summed E-state index contributed by atoms with van der Waals surface area (Å²) >= 11 is 3.72. The molecule has 6 nitrogen and oxygen atoms in total. The Morgan fingerprint density at radius 1 is 0.839 bits per heavy atom. The maximum Gasteiger partial charge on any atom is 0.508 e. The molecular weight excluding hydrogens is 464 g/mol. The van der Waals surface area contributed by atoms with Crippen molar-refractivity contribution in [1.82, 2.24) is 0 Å². The molecular formula is C24H25BrO6. The maximum atomic E-state index is 12.1. The molecule has 0 radical (unpaired) electrons. The van der Waals surface area contributed by atoms with Crippen molar-refractivity contribution in [2.75, 3.05) is 13.2 Å². The molecule has 2 aliphatic rings. The third-order valence-corrected chi connectivity index (χ3v) is 6.62. The molecule has 0 fully saturated rings. The van der Waals surface area contributed by atoms with Gasteiger partial charge in [0.15, 0.2) is 0 Å². The Bertz CT molecular complexity index is 974. The van der Waals surface area contributed by atoms with Gasteiger partial charge in [-0.25, -0.2) is 9.59 Å². The van der Waals surface area contributed by atoms with E-state index in [2.05, 4.69) is 22.0 Å². The van der Waals surface area contributed by atoms with E-state index >= 15 is 0 Å². The van der Waals surface area contributed by atoms with Gasteiger partial charge in [-0.05, 0) is 60.9 Å². The summed E-state index contributed by atoms with van der Waals surface area (Å²) < 4.78 is 22.4. The van der Waals surface area contributed by atoms with Crippen molar-refractivity contribution in [2.45, 2.75) is 44.8 Å². The van der Waals surface area contributed by atoms with Crippen LogP contribution >= 0.6 is 15.9 Å². The number of hydrogen-bond donors (Lipinski definition) is 0. The van der Waals surface area contributed by atoms with Crippen LogP contribution in [0.5, 0.6) is 0 Å². The van der Waals surface area contributed by atoms with Gasteiger partial charge >= 0.3 is 12.3 Å². The van der Waals surface area contributed by atoms with Crippen LogP contribution in [0.1, 0.15) is 67.1 Å². The van der Waals surface area contributed by atoms with Gasteiger partial charge in [-0.2, -0.15) is 0 Å². The Kier molecular flexibility index (Phi) is 6.51. The molecule has 164 valence electrons. The molecule has 0 aromatic heterocycles. The second-order valence-electron chi connectivity index (χ2n) is 7.66. The minimum absolute atomic E-state index is 0.103. The third kappa shape index (κ3) is 4.28. The van der Waals surface area contributed by atoms with Crippen LogP contribution in [0.4, 0.5) is 9.59 Å². The molecule has 0 saturated heterocycles. The predicted molar refractivity (Wildman–Crippen MR) is 117 cm³/mol. The van der Waals surface area contributed by atoms with Gasteiger partial charge in [0.2, 0.25) is 0 Å². The average molecular weight is 489 g/mol. The topological polar surface area (TPSA) is 71.1 Å². The molecule has 4 unspecified atom stereocenters. The number of carbonyl (C=O) groups excluding carboxylic acids is 2. The molecule has 4 rings (SSSR count). The zero-order valence-electron chi connectivity index (χ0n) is 17.5. The van der Waals surface area contributed by atoms with Crippen molar-refractivity contribution in [3.8, 4) is 0 Å². The predicted octanol–water partition coefficient (Wildman–Crippen LogP) is 6.43. The lowest BCUT2D eigenvalue weighted by Crippen LogP contribution is -2.34. The number of halogens is 1. The number of rotatable bonds is 4. The highest BCUT2D eigenvalue weighted by atomic mass is 79.9. The summed E-state index contributed by atoms with van der Waals surface area (Å²) in [5.41, 5.74) is 4.19. The first-order valence-electron chi connectivity index (χ1n) is 10.6. The molecule has 4 atom stereocenters. The molecule has 7 heteroatoms. The molecule has 2 aromatic rings. The van der Waals surface area contributed by atoms with Gasteiger partial charge in [-0.1, -0.05) is 52.3 Å². The van der Waals surface area contributed by atoms with Gasteiger partial charge in [0.05, 0.1) is 13.2 Å². The summed E-state index contributed by atoms with van der Waals surface area (Å²) in [6.07, 6.45) is -0.955. The quantitative estimate of drug-likeness (QED) is 0.461. The highest BCUT2D eigenvalue weighted by Gasteiger charge is 2.45. The molecule has 2 aromatic carbocycles. The Morgan fingerprint density at radius 2 is 1.39 bits per heavy atom. The van der Waals surface area contributed by atoms with E-state index in [4.69, 9.17) is 18.9 Å². The molecule has 2 aliphatic carbocycles. The van der Waals surface area contributed by atoms with E-state index in [9.17, 15) is 9.59 Å². The van der Waals surface area contributed by atoms with Crippen molar-refractivity contribution in [2.24, 2.45) is 5.92 Å². The van der Waals surface area contributed by atoms with Gasteiger partial charge in [-0.15, -0.1) is 0 Å². The first-order chi connectivity index (χ1) is 15.0. The molecule has 0 spiro atoms. The van der Waals surface area contributed by atoms with Crippen molar-refractivity contribution in [3.63, 3.8) is 0 Å². The first-order valence-corrected chi connectivity index (χ1v) is 11.4. The monoisotopic (exact) mass is 488 g/mol. The van der Waals surface area contributed by atoms with Gasteiger partial charge in [-0.3, -0.25) is 0 Å². The van der Waals surface area contributed by atoms with Crippen molar-refractivity contribution >= 4 is 28.2 Å². The van der Waals surface area contributed by atoms with E-state index in [1.54, 1.807) is 13.8 Å². The Labute approximate surface area is 190 Å². The second-order valence-corrected chi connectivity index (χ2v) is 8.51.